The van der Waals surface area contributed by atoms with Gasteiger partial charge in [-0.05, 0) is 45.9 Å². The predicted octanol–water partition coefficient (Wildman–Crippen LogP) is 2.93. The second kappa shape index (κ2) is 9.26. The fourth-order valence-electron chi connectivity index (χ4n) is 4.04. The zero-order chi connectivity index (χ0) is 26.3. The summed E-state index contributed by atoms with van der Waals surface area (Å²) < 4.78 is 27.3. The SMILES string of the molecule is C[C@@H](Nc1ccn2ncc(C(=O)O)c2n1)c1cc(F)cc2c1OC(CO)(CNC(=O)OC(C)(C)C)C2. The maximum atomic E-state index is 14.6. The molecule has 0 bridgehead atoms. The van der Waals surface area contributed by atoms with Crippen molar-refractivity contribution in [2.24, 2.45) is 0 Å². The van der Waals surface area contributed by atoms with Crippen LogP contribution in [0, 0.1) is 5.82 Å². The summed E-state index contributed by atoms with van der Waals surface area (Å²) in [6.45, 7) is 6.52. The molecule has 12 heteroatoms. The first kappa shape index (κ1) is 25.2. The monoisotopic (exact) mass is 501 g/mol. The highest BCUT2D eigenvalue weighted by molar-refractivity contribution is 5.94. The van der Waals surface area contributed by atoms with Crippen molar-refractivity contribution < 1.29 is 33.7 Å². The van der Waals surface area contributed by atoms with E-state index in [0.29, 0.717) is 22.7 Å². The fraction of sp³-hybridized carbons (Fsp3) is 0.417. The van der Waals surface area contributed by atoms with Crippen LogP contribution in [-0.4, -0.2) is 61.2 Å². The first-order chi connectivity index (χ1) is 16.9. The predicted molar refractivity (Wildman–Crippen MR) is 127 cm³/mol. The molecule has 0 aliphatic carbocycles. The van der Waals surface area contributed by atoms with Gasteiger partial charge in [-0.3, -0.25) is 0 Å². The van der Waals surface area contributed by atoms with Gasteiger partial charge in [0.25, 0.3) is 0 Å². The first-order valence-electron chi connectivity index (χ1n) is 11.3. The van der Waals surface area contributed by atoms with Crippen LogP contribution < -0.4 is 15.4 Å². The third-order valence-electron chi connectivity index (χ3n) is 5.66. The smallest absolute Gasteiger partial charge is 0.407 e. The number of aliphatic hydroxyl groups is 1. The average Bonchev–Trinajstić information content (AvgIpc) is 3.37. The van der Waals surface area contributed by atoms with Crippen molar-refractivity contribution in [1.29, 1.82) is 0 Å². The molecule has 0 radical (unpaired) electrons. The molecule has 1 amide bonds. The van der Waals surface area contributed by atoms with E-state index in [-0.39, 0.29) is 24.2 Å². The summed E-state index contributed by atoms with van der Waals surface area (Å²) in [5.74, 6) is -0.885. The van der Waals surface area contributed by atoms with E-state index >= 15 is 0 Å². The number of fused-ring (bicyclic) bond motifs is 2. The number of hydrogen-bond acceptors (Lipinski definition) is 8. The minimum Gasteiger partial charge on any atom is -0.482 e. The van der Waals surface area contributed by atoms with Crippen LogP contribution in [0.15, 0.2) is 30.6 Å². The molecule has 0 spiro atoms. The number of anilines is 1. The summed E-state index contributed by atoms with van der Waals surface area (Å²) in [5, 5.41) is 29.2. The van der Waals surface area contributed by atoms with Gasteiger partial charge in [-0.1, -0.05) is 0 Å². The Morgan fingerprint density at radius 1 is 1.36 bits per heavy atom. The molecular formula is C24H28FN5O6. The number of aliphatic hydroxyl groups excluding tert-OH is 1. The van der Waals surface area contributed by atoms with Gasteiger partial charge in [-0.2, -0.15) is 5.10 Å². The maximum absolute atomic E-state index is 14.6. The van der Waals surface area contributed by atoms with E-state index in [9.17, 15) is 24.2 Å². The number of carboxylic acids is 1. The molecule has 192 valence electrons. The normalized spacial score (nSPS) is 17.8. The second-order valence-electron chi connectivity index (χ2n) is 9.77. The van der Waals surface area contributed by atoms with Crippen LogP contribution in [0.25, 0.3) is 5.65 Å². The quantitative estimate of drug-likeness (QED) is 0.384. The number of aromatic carboxylic acids is 1. The molecule has 36 heavy (non-hydrogen) atoms. The van der Waals surface area contributed by atoms with Crippen molar-refractivity contribution in [3.05, 3.63) is 53.1 Å². The summed E-state index contributed by atoms with van der Waals surface area (Å²) in [5.41, 5.74) is -0.740. The van der Waals surface area contributed by atoms with E-state index in [1.54, 1.807) is 40.0 Å². The van der Waals surface area contributed by atoms with E-state index in [4.69, 9.17) is 9.47 Å². The van der Waals surface area contributed by atoms with Crippen LogP contribution in [0.3, 0.4) is 0 Å². The molecule has 0 saturated carbocycles. The number of nitrogens with one attached hydrogen (secondary N) is 2. The number of carbonyl (C=O) groups is 2. The molecule has 2 atom stereocenters. The van der Waals surface area contributed by atoms with Gasteiger partial charge in [0.1, 0.15) is 28.5 Å². The molecule has 11 nitrogen and oxygen atoms in total. The van der Waals surface area contributed by atoms with Crippen molar-refractivity contribution >= 4 is 23.5 Å². The lowest BCUT2D eigenvalue weighted by atomic mass is 9.96. The molecule has 1 aromatic carbocycles. The van der Waals surface area contributed by atoms with Gasteiger partial charge in [0, 0.05) is 23.7 Å². The van der Waals surface area contributed by atoms with Crippen LogP contribution in [0.4, 0.5) is 15.0 Å². The first-order valence-corrected chi connectivity index (χ1v) is 11.3. The number of amides is 1. The summed E-state index contributed by atoms with van der Waals surface area (Å²) in [6.07, 6.45) is 2.30. The zero-order valence-electron chi connectivity index (χ0n) is 20.3. The molecular weight excluding hydrogens is 473 g/mol. The van der Waals surface area contributed by atoms with E-state index < -0.39 is 41.7 Å². The minimum atomic E-state index is -1.19. The van der Waals surface area contributed by atoms with Gasteiger partial charge in [-0.25, -0.2) is 23.5 Å². The lowest BCUT2D eigenvalue weighted by molar-refractivity contribution is 0.0175. The topological polar surface area (TPSA) is 147 Å². The van der Waals surface area contributed by atoms with Gasteiger partial charge < -0.3 is 30.3 Å². The van der Waals surface area contributed by atoms with E-state index in [2.05, 4.69) is 20.7 Å². The lowest BCUT2D eigenvalue weighted by Gasteiger charge is -2.28. The van der Waals surface area contributed by atoms with Gasteiger partial charge in [0.2, 0.25) is 0 Å². The van der Waals surface area contributed by atoms with Crippen LogP contribution >= 0.6 is 0 Å². The Morgan fingerprint density at radius 3 is 2.78 bits per heavy atom. The number of nitrogens with zero attached hydrogens (tertiary/aromatic N) is 3. The standard InChI is InChI=1S/C24H28FN5O6/c1-13(28-18-5-6-30-20(29-18)17(10-27-30)21(32)33)16-8-15(25)7-14-9-24(12-31,35-19(14)16)11-26-22(34)36-23(2,3)4/h5-8,10,13,31H,9,11-12H2,1-4H3,(H,26,34)(H,28,29)(H,32,33)/t13-,24?/m1/s1. The Kier molecular flexibility index (Phi) is 6.48. The third kappa shape index (κ3) is 5.18. The van der Waals surface area contributed by atoms with Crippen LogP contribution in [0.5, 0.6) is 5.75 Å². The lowest BCUT2D eigenvalue weighted by Crippen LogP contribution is -2.50. The average molecular weight is 502 g/mol. The van der Waals surface area contributed by atoms with Crippen molar-refractivity contribution in [3.63, 3.8) is 0 Å². The number of carboxylic acid groups (broad SMARTS) is 1. The summed E-state index contributed by atoms with van der Waals surface area (Å²) in [7, 11) is 0. The van der Waals surface area contributed by atoms with Crippen molar-refractivity contribution in [2.75, 3.05) is 18.5 Å². The maximum Gasteiger partial charge on any atom is 0.407 e. The molecule has 3 heterocycles. The highest BCUT2D eigenvalue weighted by atomic mass is 19.1. The summed E-state index contributed by atoms with van der Waals surface area (Å²) >= 11 is 0. The fourth-order valence-corrected chi connectivity index (χ4v) is 4.04. The van der Waals surface area contributed by atoms with Crippen LogP contribution in [0.2, 0.25) is 0 Å². The Labute approximate surface area is 206 Å². The highest BCUT2D eigenvalue weighted by Crippen LogP contribution is 2.41. The van der Waals surface area contributed by atoms with E-state index in [1.165, 1.54) is 22.8 Å². The molecule has 1 unspecified atom stereocenters. The molecule has 2 aromatic heterocycles. The summed E-state index contributed by atoms with van der Waals surface area (Å²) in [6, 6.07) is 3.77. The number of aromatic nitrogens is 3. The number of carbonyl (C=O) groups excluding carboxylic acids is 1. The van der Waals surface area contributed by atoms with Crippen LogP contribution in [-0.2, 0) is 11.2 Å². The number of hydrogen-bond donors (Lipinski definition) is 4. The Bertz CT molecular complexity index is 1320. The third-order valence-corrected chi connectivity index (χ3v) is 5.66. The van der Waals surface area contributed by atoms with Crippen molar-refractivity contribution in [2.45, 2.75) is 51.4 Å². The molecule has 4 N–H and O–H groups in total. The van der Waals surface area contributed by atoms with E-state index in [1.807, 2.05) is 0 Å². The Hall–Kier alpha value is -3.93. The Morgan fingerprint density at radius 2 is 2.11 bits per heavy atom. The Balaban J connectivity index is 1.56. The molecule has 4 rings (SSSR count). The zero-order valence-corrected chi connectivity index (χ0v) is 20.3. The number of halogens is 1. The van der Waals surface area contributed by atoms with Crippen LogP contribution in [0.1, 0.15) is 55.2 Å². The molecule has 3 aromatic rings. The van der Waals surface area contributed by atoms with Crippen molar-refractivity contribution in [3.8, 4) is 5.75 Å². The number of alkyl carbamates (subject to hydrolysis) is 1. The number of benzene rings is 1. The van der Waals surface area contributed by atoms with Gasteiger partial charge in [0.05, 0.1) is 25.4 Å². The van der Waals surface area contributed by atoms with Crippen molar-refractivity contribution in [1.82, 2.24) is 19.9 Å². The molecule has 1 aliphatic rings. The number of rotatable bonds is 7. The highest BCUT2D eigenvalue weighted by Gasteiger charge is 2.41. The molecule has 0 fully saturated rings. The van der Waals surface area contributed by atoms with Gasteiger partial charge >= 0.3 is 12.1 Å². The largest absolute Gasteiger partial charge is 0.482 e. The molecule has 1 aliphatic heterocycles. The van der Waals surface area contributed by atoms with Gasteiger partial charge in [-0.15, -0.1) is 0 Å². The van der Waals surface area contributed by atoms with E-state index in [0.717, 1.165) is 0 Å². The summed E-state index contributed by atoms with van der Waals surface area (Å²) in [4.78, 5) is 27.9. The number of ether oxygens (including phenoxy) is 2. The molecule has 0 saturated heterocycles. The van der Waals surface area contributed by atoms with Gasteiger partial charge in [0.15, 0.2) is 11.2 Å². The second-order valence-corrected chi connectivity index (χ2v) is 9.77. The minimum absolute atomic E-state index is 0.0483.